The number of ether oxygens (including phenoxy) is 1. The Bertz CT molecular complexity index is 1030. The number of aromatic nitrogens is 1. The fourth-order valence-corrected chi connectivity index (χ4v) is 6.34. The summed E-state index contributed by atoms with van der Waals surface area (Å²) < 4.78 is 33.3. The predicted octanol–water partition coefficient (Wildman–Crippen LogP) is 2.44. The van der Waals surface area contributed by atoms with Crippen LogP contribution in [0.1, 0.15) is 27.4 Å². The summed E-state index contributed by atoms with van der Waals surface area (Å²) in [6.45, 7) is 0.447. The normalized spacial score (nSPS) is 26.6. The van der Waals surface area contributed by atoms with Crippen LogP contribution < -0.4 is 11.1 Å². The molecule has 4 rings (SSSR count). The van der Waals surface area contributed by atoms with E-state index in [0.717, 1.165) is 11.3 Å². The molecule has 3 unspecified atom stereocenters. The second-order valence-electron chi connectivity index (χ2n) is 6.56. The van der Waals surface area contributed by atoms with Gasteiger partial charge in [0, 0.05) is 13.7 Å². The molecular weight excluding hydrogens is 441 g/mol. The van der Waals surface area contributed by atoms with Crippen molar-refractivity contribution in [1.82, 2.24) is 9.29 Å². The number of nitrogens with two attached hydrogens (primary N) is 1. The van der Waals surface area contributed by atoms with Crippen molar-refractivity contribution < 1.29 is 18.1 Å². The molecule has 0 saturated carbocycles. The Morgan fingerprint density at radius 3 is 3.10 bits per heavy atom. The molecule has 3 N–H and O–H groups in total. The molecule has 0 spiro atoms. The summed E-state index contributed by atoms with van der Waals surface area (Å²) in [5.74, 6) is -0.991. The average molecular weight is 458 g/mol. The van der Waals surface area contributed by atoms with E-state index >= 15 is 0 Å². The SMILES string of the molecule is CN1C(N)=NC2(c3sc(C(=O)Nc4cccc(F)n4)cc3Cl)CCCOC2S1=O. The van der Waals surface area contributed by atoms with Crippen molar-refractivity contribution in [3.8, 4) is 0 Å². The van der Waals surface area contributed by atoms with E-state index in [1.54, 1.807) is 7.05 Å². The maximum Gasteiger partial charge on any atom is 0.266 e. The van der Waals surface area contributed by atoms with E-state index in [-0.39, 0.29) is 16.7 Å². The molecule has 12 heteroatoms. The van der Waals surface area contributed by atoms with E-state index in [2.05, 4.69) is 15.3 Å². The summed E-state index contributed by atoms with van der Waals surface area (Å²) in [7, 11) is 0.0170. The van der Waals surface area contributed by atoms with Gasteiger partial charge in [-0.05, 0) is 31.0 Å². The number of carbonyl (C=O) groups is 1. The van der Waals surface area contributed by atoms with Crippen LogP contribution in [-0.4, -0.2) is 44.5 Å². The Balaban J connectivity index is 1.71. The minimum absolute atomic E-state index is 0.0840. The molecule has 0 aliphatic carbocycles. The number of nitrogens with one attached hydrogen (secondary N) is 1. The fourth-order valence-electron chi connectivity index (χ4n) is 3.33. The van der Waals surface area contributed by atoms with Crippen molar-refractivity contribution in [3.63, 3.8) is 0 Å². The number of pyridine rings is 1. The van der Waals surface area contributed by atoms with Gasteiger partial charge in [-0.3, -0.25) is 9.10 Å². The van der Waals surface area contributed by atoms with Gasteiger partial charge >= 0.3 is 0 Å². The first kappa shape index (κ1) is 20.2. The smallest absolute Gasteiger partial charge is 0.266 e. The zero-order chi connectivity index (χ0) is 20.8. The van der Waals surface area contributed by atoms with Crippen molar-refractivity contribution >= 4 is 51.6 Å². The van der Waals surface area contributed by atoms with Gasteiger partial charge in [0.25, 0.3) is 5.91 Å². The Hall–Kier alpha value is -2.08. The molecule has 2 aliphatic rings. The molecule has 0 radical (unpaired) electrons. The molecule has 4 heterocycles. The summed E-state index contributed by atoms with van der Waals surface area (Å²) in [6, 6.07) is 5.61. The Morgan fingerprint density at radius 1 is 1.55 bits per heavy atom. The molecule has 2 aliphatic heterocycles. The number of carbonyl (C=O) groups excluding carboxylic acids is 1. The molecule has 154 valence electrons. The molecule has 1 fully saturated rings. The highest BCUT2D eigenvalue weighted by molar-refractivity contribution is 7.83. The summed E-state index contributed by atoms with van der Waals surface area (Å²) in [6.07, 6.45) is 1.21. The number of guanidine groups is 1. The van der Waals surface area contributed by atoms with Gasteiger partial charge in [-0.2, -0.15) is 4.39 Å². The number of nitrogens with zero attached hydrogens (tertiary/aromatic N) is 3. The third kappa shape index (κ3) is 3.52. The highest BCUT2D eigenvalue weighted by Crippen LogP contribution is 2.49. The molecular formula is C17H17ClFN5O3S2. The van der Waals surface area contributed by atoms with Crippen molar-refractivity contribution in [2.45, 2.75) is 23.8 Å². The summed E-state index contributed by atoms with van der Waals surface area (Å²) in [5, 5.41) is 2.85. The van der Waals surface area contributed by atoms with Crippen LogP contribution in [0.25, 0.3) is 0 Å². The monoisotopic (exact) mass is 457 g/mol. The maximum absolute atomic E-state index is 13.3. The fraction of sp³-hybridized carbons (Fsp3) is 0.353. The molecule has 8 nitrogen and oxygen atoms in total. The van der Waals surface area contributed by atoms with Crippen molar-refractivity contribution in [3.05, 3.63) is 45.0 Å². The van der Waals surface area contributed by atoms with Crippen LogP contribution in [0.15, 0.2) is 29.3 Å². The summed E-state index contributed by atoms with van der Waals surface area (Å²) in [4.78, 5) is 21.7. The first-order valence-electron chi connectivity index (χ1n) is 8.67. The quantitative estimate of drug-likeness (QED) is 0.688. The topological polar surface area (TPSA) is 110 Å². The van der Waals surface area contributed by atoms with Gasteiger partial charge in [-0.1, -0.05) is 17.7 Å². The van der Waals surface area contributed by atoms with Gasteiger partial charge in [0.1, 0.15) is 11.4 Å². The van der Waals surface area contributed by atoms with Crippen molar-refractivity contribution in [2.75, 3.05) is 19.0 Å². The van der Waals surface area contributed by atoms with E-state index in [1.807, 2.05) is 0 Å². The predicted molar refractivity (Wildman–Crippen MR) is 110 cm³/mol. The molecule has 29 heavy (non-hydrogen) atoms. The van der Waals surface area contributed by atoms with Gasteiger partial charge < -0.3 is 15.8 Å². The van der Waals surface area contributed by atoms with Crippen LogP contribution in [0.2, 0.25) is 5.02 Å². The lowest BCUT2D eigenvalue weighted by Gasteiger charge is -2.44. The number of hydrogen-bond acceptors (Lipinski definition) is 7. The first-order valence-corrected chi connectivity index (χ1v) is 11.0. The van der Waals surface area contributed by atoms with Crippen LogP contribution in [0.4, 0.5) is 10.2 Å². The lowest BCUT2D eigenvalue weighted by atomic mass is 9.91. The largest absolute Gasteiger partial charge is 0.369 e. The van der Waals surface area contributed by atoms with E-state index in [4.69, 9.17) is 22.1 Å². The number of amides is 1. The third-order valence-electron chi connectivity index (χ3n) is 4.71. The average Bonchev–Trinajstić information content (AvgIpc) is 3.09. The van der Waals surface area contributed by atoms with Crippen molar-refractivity contribution in [1.29, 1.82) is 0 Å². The second-order valence-corrected chi connectivity index (χ2v) is 9.55. The zero-order valence-electron chi connectivity index (χ0n) is 15.2. The van der Waals surface area contributed by atoms with Crippen LogP contribution in [0.5, 0.6) is 0 Å². The number of hydrogen-bond donors (Lipinski definition) is 2. The molecule has 2 aromatic heterocycles. The highest BCUT2D eigenvalue weighted by Gasteiger charge is 2.53. The van der Waals surface area contributed by atoms with E-state index in [1.165, 1.54) is 28.6 Å². The lowest BCUT2D eigenvalue weighted by Crippen LogP contribution is -2.57. The van der Waals surface area contributed by atoms with Crippen LogP contribution >= 0.6 is 22.9 Å². The number of anilines is 1. The Kier molecular flexibility index (Phi) is 5.32. The first-order chi connectivity index (χ1) is 13.8. The van der Waals surface area contributed by atoms with Gasteiger partial charge in [0.2, 0.25) is 11.9 Å². The molecule has 0 bridgehead atoms. The number of fused-ring (bicyclic) bond motifs is 1. The molecule has 2 aromatic rings. The number of rotatable bonds is 3. The number of aliphatic imine (C=N–C) groups is 1. The molecule has 1 amide bonds. The van der Waals surface area contributed by atoms with Crippen LogP contribution in [0.3, 0.4) is 0 Å². The van der Waals surface area contributed by atoms with Crippen molar-refractivity contribution in [2.24, 2.45) is 10.7 Å². The maximum atomic E-state index is 13.3. The lowest BCUT2D eigenvalue weighted by molar-refractivity contribution is 0.00700. The Morgan fingerprint density at radius 2 is 2.34 bits per heavy atom. The van der Waals surface area contributed by atoms with Gasteiger partial charge in [0.05, 0.1) is 14.8 Å². The third-order valence-corrected chi connectivity index (χ3v) is 8.04. The minimum Gasteiger partial charge on any atom is -0.369 e. The van der Waals surface area contributed by atoms with E-state index in [0.29, 0.717) is 29.3 Å². The highest BCUT2D eigenvalue weighted by atomic mass is 35.5. The van der Waals surface area contributed by atoms with Crippen LogP contribution in [-0.2, 0) is 21.3 Å². The van der Waals surface area contributed by atoms with Gasteiger partial charge in [-0.15, -0.1) is 11.3 Å². The van der Waals surface area contributed by atoms with Crippen LogP contribution in [0, 0.1) is 5.95 Å². The molecule has 3 atom stereocenters. The van der Waals surface area contributed by atoms with E-state index < -0.39 is 33.8 Å². The number of thiophene rings is 1. The standard InChI is InChI=1S/C17H17ClFN5O3S2/c1-24-16(20)23-17(6-3-7-27-15(17)29(24)26)13-9(18)8-10(28-13)14(25)22-12-5-2-4-11(19)21-12/h2,4-5,8,15H,3,6-7H2,1H3,(H2,20,23)(H,21,22,25). The molecule has 0 aromatic carbocycles. The molecule has 1 saturated heterocycles. The minimum atomic E-state index is -1.56. The zero-order valence-corrected chi connectivity index (χ0v) is 17.6. The summed E-state index contributed by atoms with van der Waals surface area (Å²) in [5.41, 5.74) is 4.21. The number of halogens is 2. The second kappa shape index (κ2) is 7.63. The van der Waals surface area contributed by atoms with Gasteiger partial charge in [-0.25, -0.2) is 14.2 Å². The Labute approximate surface area is 177 Å². The van der Waals surface area contributed by atoms with Gasteiger partial charge in [0.15, 0.2) is 16.4 Å². The summed E-state index contributed by atoms with van der Waals surface area (Å²) >= 11 is 7.59. The van der Waals surface area contributed by atoms with E-state index in [9.17, 15) is 13.4 Å².